The first-order valence-electron chi connectivity index (χ1n) is 6.72. The first kappa shape index (κ1) is 14.8. The van der Waals surface area contributed by atoms with Gasteiger partial charge < -0.3 is 11.1 Å². The van der Waals surface area contributed by atoms with Gasteiger partial charge in [-0.2, -0.15) is 5.26 Å². The van der Waals surface area contributed by atoms with Crippen molar-refractivity contribution in [1.82, 2.24) is 5.32 Å². The van der Waals surface area contributed by atoms with E-state index in [2.05, 4.69) is 18.3 Å². The van der Waals surface area contributed by atoms with Gasteiger partial charge in [0.15, 0.2) is 0 Å². The van der Waals surface area contributed by atoms with E-state index in [4.69, 9.17) is 11.0 Å². The van der Waals surface area contributed by atoms with Crippen molar-refractivity contribution >= 4 is 5.91 Å². The Morgan fingerprint density at radius 2 is 2.00 bits per heavy atom. The van der Waals surface area contributed by atoms with Crippen molar-refractivity contribution in [2.45, 2.75) is 19.5 Å². The second kappa shape index (κ2) is 6.69. The average Bonchev–Trinajstić information content (AvgIpc) is 2.53. The minimum atomic E-state index is -0.419. The second-order valence-corrected chi connectivity index (χ2v) is 4.90. The van der Waals surface area contributed by atoms with Crippen molar-refractivity contribution < 1.29 is 4.79 Å². The molecule has 0 bridgehead atoms. The molecule has 0 heterocycles. The number of nitrogens with zero attached hydrogens (tertiary/aromatic N) is 1. The largest absolute Gasteiger partial charge is 0.366 e. The summed E-state index contributed by atoms with van der Waals surface area (Å²) in [5, 5.41) is 12.2. The summed E-state index contributed by atoms with van der Waals surface area (Å²) in [5.41, 5.74) is 8.56. The van der Waals surface area contributed by atoms with Crippen LogP contribution in [0.1, 0.15) is 40.0 Å². The minimum absolute atomic E-state index is 0.148. The van der Waals surface area contributed by atoms with Crippen LogP contribution >= 0.6 is 0 Å². The highest BCUT2D eigenvalue weighted by Crippen LogP contribution is 2.14. The summed E-state index contributed by atoms with van der Waals surface area (Å²) in [7, 11) is 0. The third kappa shape index (κ3) is 3.91. The molecule has 106 valence electrons. The molecule has 2 aromatic carbocycles. The molecule has 1 atom stereocenters. The SMILES string of the molecule is CC(NCc1cccc(C(N)=O)c1)c1ccc(C#N)cc1. The molecule has 4 nitrogen and oxygen atoms in total. The molecular formula is C17H17N3O. The van der Waals surface area contributed by atoms with Crippen molar-refractivity contribution in [2.24, 2.45) is 5.73 Å². The van der Waals surface area contributed by atoms with Gasteiger partial charge in [0.2, 0.25) is 5.91 Å². The van der Waals surface area contributed by atoms with Gasteiger partial charge in [-0.25, -0.2) is 0 Å². The van der Waals surface area contributed by atoms with Crippen LogP contribution in [0.2, 0.25) is 0 Å². The summed E-state index contributed by atoms with van der Waals surface area (Å²) < 4.78 is 0. The van der Waals surface area contributed by atoms with E-state index in [-0.39, 0.29) is 6.04 Å². The monoisotopic (exact) mass is 279 g/mol. The Morgan fingerprint density at radius 1 is 1.29 bits per heavy atom. The number of primary amides is 1. The van der Waals surface area contributed by atoms with E-state index < -0.39 is 5.91 Å². The number of carbonyl (C=O) groups is 1. The molecule has 0 aliphatic rings. The molecule has 0 aliphatic heterocycles. The Morgan fingerprint density at radius 3 is 2.62 bits per heavy atom. The van der Waals surface area contributed by atoms with Crippen LogP contribution < -0.4 is 11.1 Å². The Kier molecular flexibility index (Phi) is 4.70. The summed E-state index contributed by atoms with van der Waals surface area (Å²) >= 11 is 0. The molecule has 21 heavy (non-hydrogen) atoms. The molecule has 0 saturated carbocycles. The first-order chi connectivity index (χ1) is 10.1. The highest BCUT2D eigenvalue weighted by Gasteiger charge is 2.06. The van der Waals surface area contributed by atoms with Gasteiger partial charge in [0.1, 0.15) is 0 Å². The lowest BCUT2D eigenvalue weighted by molar-refractivity contribution is 0.1000. The smallest absolute Gasteiger partial charge is 0.248 e. The van der Waals surface area contributed by atoms with Crippen LogP contribution in [0.15, 0.2) is 48.5 Å². The maximum atomic E-state index is 11.1. The Hall–Kier alpha value is -2.64. The molecular weight excluding hydrogens is 262 g/mol. The third-order valence-corrected chi connectivity index (χ3v) is 3.36. The van der Waals surface area contributed by atoms with Gasteiger partial charge in [0.05, 0.1) is 11.6 Å². The Balaban J connectivity index is 2.00. The van der Waals surface area contributed by atoms with E-state index in [0.29, 0.717) is 17.7 Å². The predicted octanol–water partition coefficient (Wildman–Crippen LogP) is 2.51. The van der Waals surface area contributed by atoms with E-state index in [0.717, 1.165) is 11.1 Å². The molecule has 0 spiro atoms. The summed E-state index contributed by atoms with van der Waals surface area (Å²) in [6.07, 6.45) is 0. The predicted molar refractivity (Wildman–Crippen MR) is 81.4 cm³/mol. The van der Waals surface area contributed by atoms with Gasteiger partial charge in [-0.05, 0) is 42.3 Å². The summed E-state index contributed by atoms with van der Waals surface area (Å²) in [4.78, 5) is 11.1. The number of carbonyl (C=O) groups excluding carboxylic acids is 1. The number of nitriles is 1. The fraction of sp³-hybridized carbons (Fsp3) is 0.176. The summed E-state index contributed by atoms with van der Waals surface area (Å²) in [6, 6.07) is 17.0. The third-order valence-electron chi connectivity index (χ3n) is 3.36. The van der Waals surface area contributed by atoms with Gasteiger partial charge in [0.25, 0.3) is 0 Å². The normalized spacial score (nSPS) is 11.6. The number of nitrogens with one attached hydrogen (secondary N) is 1. The quantitative estimate of drug-likeness (QED) is 0.882. The highest BCUT2D eigenvalue weighted by molar-refractivity contribution is 5.92. The van der Waals surface area contributed by atoms with Gasteiger partial charge in [-0.1, -0.05) is 24.3 Å². The van der Waals surface area contributed by atoms with E-state index in [9.17, 15) is 4.79 Å². The number of amides is 1. The molecule has 1 amide bonds. The lowest BCUT2D eigenvalue weighted by atomic mass is 10.1. The van der Waals surface area contributed by atoms with Crippen molar-refractivity contribution in [3.05, 3.63) is 70.8 Å². The highest BCUT2D eigenvalue weighted by atomic mass is 16.1. The minimum Gasteiger partial charge on any atom is -0.366 e. The number of nitrogens with two attached hydrogens (primary N) is 1. The van der Waals surface area contributed by atoms with Gasteiger partial charge in [0, 0.05) is 18.2 Å². The molecule has 4 heteroatoms. The second-order valence-electron chi connectivity index (χ2n) is 4.90. The Labute approximate surface area is 124 Å². The molecule has 0 saturated heterocycles. The lowest BCUT2D eigenvalue weighted by Gasteiger charge is -2.14. The fourth-order valence-electron chi connectivity index (χ4n) is 2.07. The van der Waals surface area contributed by atoms with Crippen molar-refractivity contribution in [3.8, 4) is 6.07 Å². The van der Waals surface area contributed by atoms with Crippen molar-refractivity contribution in [2.75, 3.05) is 0 Å². The molecule has 2 rings (SSSR count). The molecule has 0 fully saturated rings. The maximum Gasteiger partial charge on any atom is 0.248 e. The molecule has 3 N–H and O–H groups in total. The van der Waals surface area contributed by atoms with E-state index in [1.165, 1.54) is 0 Å². The topological polar surface area (TPSA) is 78.9 Å². The Bertz CT molecular complexity index is 671. The lowest BCUT2D eigenvalue weighted by Crippen LogP contribution is -2.18. The van der Waals surface area contributed by atoms with Crippen LogP contribution in [0.25, 0.3) is 0 Å². The van der Waals surface area contributed by atoms with Gasteiger partial charge >= 0.3 is 0 Å². The molecule has 1 unspecified atom stereocenters. The summed E-state index contributed by atoms with van der Waals surface area (Å²) in [6.45, 7) is 2.70. The molecule has 2 aromatic rings. The molecule has 0 aromatic heterocycles. The van der Waals surface area contributed by atoms with Crippen LogP contribution in [0.3, 0.4) is 0 Å². The molecule has 0 radical (unpaired) electrons. The zero-order valence-corrected chi connectivity index (χ0v) is 11.8. The number of hydrogen-bond donors (Lipinski definition) is 2. The van der Waals surface area contributed by atoms with Crippen LogP contribution in [0.5, 0.6) is 0 Å². The summed E-state index contributed by atoms with van der Waals surface area (Å²) in [5.74, 6) is -0.419. The zero-order chi connectivity index (χ0) is 15.2. The van der Waals surface area contributed by atoms with E-state index in [1.807, 2.05) is 24.3 Å². The number of hydrogen-bond acceptors (Lipinski definition) is 3. The standard InChI is InChI=1S/C17H17N3O/c1-12(15-7-5-13(10-18)6-8-15)20-11-14-3-2-4-16(9-14)17(19)21/h2-9,12,20H,11H2,1H3,(H2,19,21). The van der Waals surface area contributed by atoms with Crippen LogP contribution in [0, 0.1) is 11.3 Å². The number of benzene rings is 2. The maximum absolute atomic E-state index is 11.1. The van der Waals surface area contributed by atoms with Crippen LogP contribution in [-0.4, -0.2) is 5.91 Å². The zero-order valence-electron chi connectivity index (χ0n) is 11.8. The van der Waals surface area contributed by atoms with E-state index in [1.54, 1.807) is 24.3 Å². The van der Waals surface area contributed by atoms with Gasteiger partial charge in [-0.15, -0.1) is 0 Å². The van der Waals surface area contributed by atoms with Crippen molar-refractivity contribution in [3.63, 3.8) is 0 Å². The van der Waals surface area contributed by atoms with Crippen LogP contribution in [0.4, 0.5) is 0 Å². The average molecular weight is 279 g/mol. The molecule has 0 aliphatic carbocycles. The van der Waals surface area contributed by atoms with Gasteiger partial charge in [-0.3, -0.25) is 4.79 Å². The number of rotatable bonds is 5. The van der Waals surface area contributed by atoms with Crippen molar-refractivity contribution in [1.29, 1.82) is 5.26 Å². The van der Waals surface area contributed by atoms with E-state index >= 15 is 0 Å². The van der Waals surface area contributed by atoms with Crippen LogP contribution in [-0.2, 0) is 6.54 Å². The first-order valence-corrected chi connectivity index (χ1v) is 6.72. The fourth-order valence-corrected chi connectivity index (χ4v) is 2.07.